The third kappa shape index (κ3) is 3.42. The summed E-state index contributed by atoms with van der Waals surface area (Å²) in [4.78, 5) is 26.1. The molecule has 1 unspecified atom stereocenters. The Kier molecular flexibility index (Phi) is 4.55. The second-order valence-electron chi connectivity index (χ2n) is 5.66. The van der Waals surface area contributed by atoms with Crippen molar-refractivity contribution >= 4 is 17.5 Å². The van der Waals surface area contributed by atoms with Crippen LogP contribution in [0.2, 0.25) is 0 Å². The normalized spacial score (nSPS) is 17.2. The summed E-state index contributed by atoms with van der Waals surface area (Å²) in [5.41, 5.74) is 1.20. The number of amides is 2. The molecule has 1 aliphatic heterocycles. The number of benzene rings is 2. The number of hydrogen-bond donors (Lipinski definition) is 1. The van der Waals surface area contributed by atoms with Crippen LogP contribution in [-0.4, -0.2) is 18.4 Å². The zero-order valence-corrected chi connectivity index (χ0v) is 12.8. The van der Waals surface area contributed by atoms with Crippen molar-refractivity contribution < 1.29 is 18.4 Å². The van der Waals surface area contributed by atoms with Crippen LogP contribution in [-0.2, 0) is 16.1 Å². The van der Waals surface area contributed by atoms with Crippen molar-refractivity contribution in [2.24, 2.45) is 5.92 Å². The Morgan fingerprint density at radius 3 is 2.58 bits per heavy atom. The van der Waals surface area contributed by atoms with Gasteiger partial charge in [0, 0.05) is 18.8 Å². The largest absolute Gasteiger partial charge is 0.351 e. The zero-order valence-electron chi connectivity index (χ0n) is 12.8. The lowest BCUT2D eigenvalue weighted by molar-refractivity contribution is -0.132. The Labute approximate surface area is 138 Å². The molecule has 0 bridgehead atoms. The molecule has 4 nitrogen and oxygen atoms in total. The number of anilines is 1. The quantitative estimate of drug-likeness (QED) is 0.876. The highest BCUT2D eigenvalue weighted by Crippen LogP contribution is 2.25. The van der Waals surface area contributed by atoms with Crippen LogP contribution >= 0.6 is 0 Å². The number of rotatable bonds is 4. The molecule has 1 saturated heterocycles. The Balaban J connectivity index is 1.62. The zero-order chi connectivity index (χ0) is 17.1. The van der Waals surface area contributed by atoms with E-state index in [9.17, 15) is 18.4 Å². The van der Waals surface area contributed by atoms with E-state index in [1.807, 2.05) is 0 Å². The minimum Gasteiger partial charge on any atom is -0.351 e. The first-order valence-electron chi connectivity index (χ1n) is 7.64. The summed E-state index contributed by atoms with van der Waals surface area (Å²) < 4.78 is 26.1. The molecule has 1 atom stereocenters. The molecule has 1 heterocycles. The van der Waals surface area contributed by atoms with Crippen LogP contribution in [0.15, 0.2) is 48.5 Å². The molecule has 124 valence electrons. The highest BCUT2D eigenvalue weighted by atomic mass is 19.1. The van der Waals surface area contributed by atoms with Gasteiger partial charge in [0.1, 0.15) is 17.6 Å². The Morgan fingerprint density at radius 2 is 1.88 bits per heavy atom. The maximum atomic E-state index is 13.3. The van der Waals surface area contributed by atoms with E-state index in [0.717, 1.165) is 5.56 Å². The summed E-state index contributed by atoms with van der Waals surface area (Å²) in [6.45, 7) is 0.597. The predicted molar refractivity (Wildman–Crippen MR) is 85.1 cm³/mol. The summed E-state index contributed by atoms with van der Waals surface area (Å²) in [5.74, 6) is -2.26. The molecule has 24 heavy (non-hydrogen) atoms. The van der Waals surface area contributed by atoms with Gasteiger partial charge in [0.2, 0.25) is 11.8 Å². The van der Waals surface area contributed by atoms with Gasteiger partial charge in [-0.1, -0.05) is 18.2 Å². The van der Waals surface area contributed by atoms with Crippen molar-refractivity contribution in [1.29, 1.82) is 0 Å². The van der Waals surface area contributed by atoms with Crippen LogP contribution in [0, 0.1) is 17.6 Å². The van der Waals surface area contributed by atoms with E-state index in [-0.39, 0.29) is 24.2 Å². The molecule has 0 saturated carbocycles. The van der Waals surface area contributed by atoms with Gasteiger partial charge in [-0.15, -0.1) is 0 Å². The molecule has 1 aliphatic rings. The molecule has 0 spiro atoms. The predicted octanol–water partition coefficient (Wildman–Crippen LogP) is 2.63. The molecule has 2 aromatic carbocycles. The minimum absolute atomic E-state index is 0.225. The maximum Gasteiger partial charge on any atom is 0.239 e. The second kappa shape index (κ2) is 6.78. The lowest BCUT2D eigenvalue weighted by atomic mass is 10.1. The van der Waals surface area contributed by atoms with E-state index in [0.29, 0.717) is 18.7 Å². The molecule has 0 aliphatic carbocycles. The Morgan fingerprint density at radius 1 is 1.12 bits per heavy atom. The first-order valence-corrected chi connectivity index (χ1v) is 7.64. The topological polar surface area (TPSA) is 49.4 Å². The lowest BCUT2D eigenvalue weighted by Gasteiger charge is -2.16. The van der Waals surface area contributed by atoms with Crippen LogP contribution in [0.25, 0.3) is 0 Å². The molecule has 2 amide bonds. The van der Waals surface area contributed by atoms with Crippen LogP contribution in [0.1, 0.15) is 12.0 Å². The van der Waals surface area contributed by atoms with Crippen LogP contribution in [0.4, 0.5) is 14.5 Å². The summed E-state index contributed by atoms with van der Waals surface area (Å²) in [7, 11) is 0. The molecule has 1 N–H and O–H groups in total. The third-order valence-corrected chi connectivity index (χ3v) is 4.02. The minimum atomic E-state index is -0.784. The number of nitrogens with one attached hydrogen (secondary N) is 1. The molecular weight excluding hydrogens is 314 g/mol. The van der Waals surface area contributed by atoms with E-state index in [2.05, 4.69) is 5.32 Å². The number of nitrogens with zero attached hydrogens (tertiary/aromatic N) is 1. The Bertz CT molecular complexity index is 762. The van der Waals surface area contributed by atoms with E-state index in [1.165, 1.54) is 35.2 Å². The SMILES string of the molecule is O=C(NCc1ccc(F)cc1)C1CCN(c2cccc(F)c2)C1=O. The lowest BCUT2D eigenvalue weighted by Crippen LogP contribution is -2.36. The standard InChI is InChI=1S/C18H16F2N2O2/c19-13-6-4-12(5-7-13)11-21-17(23)16-8-9-22(18(16)24)15-3-1-2-14(20)10-15/h1-7,10,16H,8-9,11H2,(H,21,23). The molecule has 1 fully saturated rings. The van der Waals surface area contributed by atoms with Crippen LogP contribution in [0.3, 0.4) is 0 Å². The summed E-state index contributed by atoms with van der Waals surface area (Å²) in [6, 6.07) is 11.5. The van der Waals surface area contributed by atoms with Crippen molar-refractivity contribution in [1.82, 2.24) is 5.32 Å². The van der Waals surface area contributed by atoms with Gasteiger partial charge in [0.25, 0.3) is 0 Å². The third-order valence-electron chi connectivity index (χ3n) is 4.02. The molecule has 3 rings (SSSR count). The fraction of sp³-hybridized carbons (Fsp3) is 0.222. The molecule has 2 aromatic rings. The first-order chi connectivity index (χ1) is 11.5. The fourth-order valence-electron chi connectivity index (χ4n) is 2.74. The smallest absolute Gasteiger partial charge is 0.239 e. The molecule has 0 radical (unpaired) electrons. The van der Waals surface area contributed by atoms with Gasteiger partial charge in [-0.05, 0) is 42.3 Å². The van der Waals surface area contributed by atoms with Crippen LogP contribution < -0.4 is 10.2 Å². The van der Waals surface area contributed by atoms with E-state index >= 15 is 0 Å². The van der Waals surface area contributed by atoms with Crippen molar-refractivity contribution in [2.45, 2.75) is 13.0 Å². The number of halogens is 2. The Hall–Kier alpha value is -2.76. The van der Waals surface area contributed by atoms with Crippen LogP contribution in [0.5, 0.6) is 0 Å². The second-order valence-corrected chi connectivity index (χ2v) is 5.66. The van der Waals surface area contributed by atoms with Crippen molar-refractivity contribution in [2.75, 3.05) is 11.4 Å². The van der Waals surface area contributed by atoms with Gasteiger partial charge >= 0.3 is 0 Å². The molecule has 6 heteroatoms. The van der Waals surface area contributed by atoms with E-state index in [4.69, 9.17) is 0 Å². The molecular formula is C18H16F2N2O2. The monoisotopic (exact) mass is 330 g/mol. The van der Waals surface area contributed by atoms with Gasteiger partial charge in [-0.2, -0.15) is 0 Å². The summed E-state index contributed by atoms with van der Waals surface area (Å²) >= 11 is 0. The molecule has 0 aromatic heterocycles. The van der Waals surface area contributed by atoms with Gasteiger partial charge < -0.3 is 10.2 Å². The summed E-state index contributed by atoms with van der Waals surface area (Å²) in [5, 5.41) is 2.69. The average molecular weight is 330 g/mol. The van der Waals surface area contributed by atoms with E-state index in [1.54, 1.807) is 18.2 Å². The average Bonchev–Trinajstić information content (AvgIpc) is 2.96. The number of carbonyl (C=O) groups excluding carboxylic acids is 2. The fourth-order valence-corrected chi connectivity index (χ4v) is 2.74. The first kappa shape index (κ1) is 16.1. The highest BCUT2D eigenvalue weighted by Gasteiger charge is 2.37. The van der Waals surface area contributed by atoms with Gasteiger partial charge in [0.15, 0.2) is 0 Å². The van der Waals surface area contributed by atoms with Crippen molar-refractivity contribution in [3.05, 3.63) is 65.7 Å². The van der Waals surface area contributed by atoms with Gasteiger partial charge in [0.05, 0.1) is 0 Å². The van der Waals surface area contributed by atoms with Crippen molar-refractivity contribution in [3.8, 4) is 0 Å². The number of carbonyl (C=O) groups is 2. The van der Waals surface area contributed by atoms with Gasteiger partial charge in [-0.25, -0.2) is 8.78 Å². The van der Waals surface area contributed by atoms with Gasteiger partial charge in [-0.3, -0.25) is 9.59 Å². The highest BCUT2D eigenvalue weighted by molar-refractivity contribution is 6.09. The number of hydrogen-bond acceptors (Lipinski definition) is 2. The summed E-state index contributed by atoms with van der Waals surface area (Å²) in [6.07, 6.45) is 0.380. The van der Waals surface area contributed by atoms with Crippen molar-refractivity contribution in [3.63, 3.8) is 0 Å². The maximum absolute atomic E-state index is 13.3. The van der Waals surface area contributed by atoms with E-state index < -0.39 is 11.7 Å².